The Balaban J connectivity index is 1.64. The molecule has 0 heterocycles. The molecule has 1 unspecified atom stereocenters. The molecule has 12 heteroatoms. The van der Waals surface area contributed by atoms with E-state index in [1.54, 1.807) is 26.8 Å². The van der Waals surface area contributed by atoms with E-state index in [2.05, 4.69) is 17.4 Å². The normalized spacial score (nSPS) is 16.9. The predicted octanol–water partition coefficient (Wildman–Crippen LogP) is 10.7. The lowest BCUT2D eigenvalue weighted by molar-refractivity contribution is -0.189. The van der Waals surface area contributed by atoms with Crippen LogP contribution in [-0.2, 0) is 29.5 Å². The van der Waals surface area contributed by atoms with E-state index in [0.717, 1.165) is 19.9 Å². The molecule has 0 saturated heterocycles. The number of carbonyl (C=O) groups excluding carboxylic acids is 4. The Morgan fingerprint density at radius 3 is 1.77 bits per heavy atom. The molecule has 4 rings (SSSR count). The minimum absolute atomic E-state index is 0.242. The molecule has 1 N–H and O–H groups in total. The fourth-order valence-electron chi connectivity index (χ4n) is 8.01. The maximum absolute atomic E-state index is 14.4. The van der Waals surface area contributed by atoms with Crippen molar-refractivity contribution in [2.45, 2.75) is 147 Å². The van der Waals surface area contributed by atoms with Gasteiger partial charge in [-0.05, 0) is 57.1 Å². The Labute approximate surface area is 359 Å². The lowest BCUT2D eigenvalue weighted by atomic mass is 9.78. The molecule has 0 radical (unpaired) electrons. The number of nitrogens with one attached hydrogen (secondary N) is 1. The maximum atomic E-state index is 14.4. The molecule has 1 aliphatic carbocycles. The third-order valence-electron chi connectivity index (χ3n) is 12.2. The standard InChI is InChI=1S/C48H63ClF3N3O5/c1-33(2)42(53-44(58)46(4,5)55(7)45(59)48(50,51)52)43(57)54(6)34(3)32-41(56)60-47(37-24-18-15-19-25-37,39-26-20-21-27-40(39)49)38-30-28-36(29-31-38)35-22-16-13-11-9-8-10-12-14-17-23-35/h15,18-21,24-31,33-35,42H,8-14,16-17,22-23,32H2,1-7H3,(H,53,58)/t34-,42+,47?/m1/s1. The van der Waals surface area contributed by atoms with E-state index in [1.165, 1.54) is 89.1 Å². The second-order valence-electron chi connectivity index (χ2n) is 17.2. The van der Waals surface area contributed by atoms with Crippen LogP contribution < -0.4 is 5.32 Å². The number of amides is 3. The fourth-order valence-corrected chi connectivity index (χ4v) is 8.28. The molecule has 1 saturated carbocycles. The van der Waals surface area contributed by atoms with Gasteiger partial charge in [0.2, 0.25) is 11.8 Å². The zero-order valence-corrected chi connectivity index (χ0v) is 37.0. The molecule has 0 spiro atoms. The van der Waals surface area contributed by atoms with Crippen LogP contribution in [0.3, 0.4) is 0 Å². The van der Waals surface area contributed by atoms with Crippen molar-refractivity contribution >= 4 is 35.3 Å². The second-order valence-corrected chi connectivity index (χ2v) is 17.6. The summed E-state index contributed by atoms with van der Waals surface area (Å²) in [6, 6.07) is 23.2. The number of benzene rings is 3. The topological polar surface area (TPSA) is 96.0 Å². The van der Waals surface area contributed by atoms with Crippen molar-refractivity contribution in [2.75, 3.05) is 14.1 Å². The van der Waals surface area contributed by atoms with Crippen molar-refractivity contribution in [2.24, 2.45) is 5.92 Å². The molecule has 1 aliphatic rings. The quantitative estimate of drug-likeness (QED) is 0.136. The first kappa shape index (κ1) is 48.3. The van der Waals surface area contributed by atoms with E-state index in [0.29, 0.717) is 32.5 Å². The van der Waals surface area contributed by atoms with Gasteiger partial charge in [0.05, 0.1) is 6.42 Å². The van der Waals surface area contributed by atoms with Gasteiger partial charge in [0, 0.05) is 41.9 Å². The van der Waals surface area contributed by atoms with Gasteiger partial charge in [-0.25, -0.2) is 0 Å². The molecule has 60 heavy (non-hydrogen) atoms. The number of carbonyl (C=O) groups is 4. The van der Waals surface area contributed by atoms with Gasteiger partial charge in [-0.1, -0.05) is 156 Å². The Morgan fingerprint density at radius 2 is 1.25 bits per heavy atom. The van der Waals surface area contributed by atoms with Crippen LogP contribution in [0, 0.1) is 5.92 Å². The molecule has 3 amide bonds. The highest BCUT2D eigenvalue weighted by Crippen LogP contribution is 2.44. The van der Waals surface area contributed by atoms with Crippen molar-refractivity contribution in [1.29, 1.82) is 0 Å². The van der Waals surface area contributed by atoms with E-state index in [1.807, 2.05) is 60.7 Å². The second kappa shape index (κ2) is 21.4. The number of rotatable bonds is 13. The van der Waals surface area contributed by atoms with Gasteiger partial charge >= 0.3 is 18.1 Å². The average molecular weight is 854 g/mol. The van der Waals surface area contributed by atoms with Gasteiger partial charge in [0.25, 0.3) is 0 Å². The minimum Gasteiger partial charge on any atom is -0.444 e. The Bertz CT molecular complexity index is 1880. The largest absolute Gasteiger partial charge is 0.471 e. The monoisotopic (exact) mass is 853 g/mol. The first-order chi connectivity index (χ1) is 28.3. The number of hydrogen-bond donors (Lipinski definition) is 1. The molecule has 1 fully saturated rings. The van der Waals surface area contributed by atoms with Crippen molar-refractivity contribution in [1.82, 2.24) is 15.1 Å². The number of alkyl halides is 3. The molecule has 0 aromatic heterocycles. The summed E-state index contributed by atoms with van der Waals surface area (Å²) >= 11 is 6.97. The SMILES string of the molecule is CC(C)[C@H](NC(=O)C(C)(C)N(C)C(=O)C(F)(F)F)C(=O)N(C)[C@H](C)CC(=O)OC(c1ccccc1)(c1ccc(C2CCCCCCCCCCC2)cc1)c1ccccc1Cl. The van der Waals surface area contributed by atoms with Gasteiger partial charge in [-0.2, -0.15) is 13.2 Å². The predicted molar refractivity (Wildman–Crippen MR) is 230 cm³/mol. The van der Waals surface area contributed by atoms with Crippen LogP contribution >= 0.6 is 11.6 Å². The number of hydrogen-bond acceptors (Lipinski definition) is 5. The number of halogens is 4. The fraction of sp³-hybridized carbons (Fsp3) is 0.542. The van der Waals surface area contributed by atoms with E-state index < -0.39 is 59.0 Å². The summed E-state index contributed by atoms with van der Waals surface area (Å²) in [6.45, 7) is 7.38. The zero-order valence-electron chi connectivity index (χ0n) is 36.2. The molecule has 8 nitrogen and oxygen atoms in total. The number of ether oxygens (including phenoxy) is 1. The van der Waals surface area contributed by atoms with Crippen LogP contribution in [-0.4, -0.2) is 71.4 Å². The lowest BCUT2D eigenvalue weighted by Crippen LogP contribution is -2.62. The molecule has 0 bridgehead atoms. The van der Waals surface area contributed by atoms with E-state index >= 15 is 0 Å². The smallest absolute Gasteiger partial charge is 0.444 e. The van der Waals surface area contributed by atoms with Crippen LogP contribution in [0.25, 0.3) is 0 Å². The molecular weight excluding hydrogens is 791 g/mol. The summed E-state index contributed by atoms with van der Waals surface area (Å²) in [4.78, 5) is 55.3. The first-order valence-electron chi connectivity index (χ1n) is 21.4. The van der Waals surface area contributed by atoms with E-state index in [-0.39, 0.29) is 6.42 Å². The van der Waals surface area contributed by atoms with Crippen LogP contribution in [0.1, 0.15) is 140 Å². The van der Waals surface area contributed by atoms with Gasteiger partial charge in [0.1, 0.15) is 11.6 Å². The van der Waals surface area contributed by atoms with Crippen LogP contribution in [0.4, 0.5) is 13.2 Å². The summed E-state index contributed by atoms with van der Waals surface area (Å²) in [7, 11) is 2.38. The molecule has 328 valence electrons. The van der Waals surface area contributed by atoms with Gasteiger partial charge in [0.15, 0.2) is 5.60 Å². The number of likely N-dealkylation sites (N-methyl/N-ethyl adjacent to an activating group) is 2. The van der Waals surface area contributed by atoms with Gasteiger partial charge < -0.3 is 19.9 Å². The van der Waals surface area contributed by atoms with Crippen molar-refractivity contribution < 1.29 is 37.1 Å². The Kier molecular flexibility index (Phi) is 17.2. The summed E-state index contributed by atoms with van der Waals surface area (Å²) < 4.78 is 46.4. The third kappa shape index (κ3) is 11.9. The number of nitrogens with zero attached hydrogens (tertiary/aromatic N) is 2. The van der Waals surface area contributed by atoms with Crippen LogP contribution in [0.2, 0.25) is 5.02 Å². The first-order valence-corrected chi connectivity index (χ1v) is 21.8. The minimum atomic E-state index is -5.19. The van der Waals surface area contributed by atoms with E-state index in [9.17, 15) is 32.3 Å². The number of esters is 1. The summed E-state index contributed by atoms with van der Waals surface area (Å²) in [5.41, 5.74) is -0.195. The van der Waals surface area contributed by atoms with Crippen LogP contribution in [0.15, 0.2) is 78.9 Å². The van der Waals surface area contributed by atoms with Crippen molar-refractivity contribution in [3.8, 4) is 0 Å². The summed E-state index contributed by atoms with van der Waals surface area (Å²) in [5, 5.41) is 2.97. The Hall–Kier alpha value is -4.38. The molecule has 3 atom stereocenters. The summed E-state index contributed by atoms with van der Waals surface area (Å²) in [6.07, 6.45) is 8.18. The maximum Gasteiger partial charge on any atom is 0.471 e. The zero-order chi connectivity index (χ0) is 44.3. The highest BCUT2D eigenvalue weighted by atomic mass is 35.5. The molecule has 3 aromatic carbocycles. The highest BCUT2D eigenvalue weighted by Gasteiger charge is 2.49. The summed E-state index contributed by atoms with van der Waals surface area (Å²) in [5.74, 6) is -4.39. The average Bonchev–Trinajstić information content (AvgIpc) is 3.21. The molecule has 3 aromatic rings. The van der Waals surface area contributed by atoms with Gasteiger partial charge in [-0.3, -0.25) is 19.2 Å². The van der Waals surface area contributed by atoms with Crippen LogP contribution in [0.5, 0.6) is 0 Å². The van der Waals surface area contributed by atoms with E-state index in [4.69, 9.17) is 16.3 Å². The third-order valence-corrected chi connectivity index (χ3v) is 12.6. The van der Waals surface area contributed by atoms with Crippen molar-refractivity contribution in [3.05, 3.63) is 106 Å². The van der Waals surface area contributed by atoms with Gasteiger partial charge in [-0.15, -0.1) is 0 Å². The highest BCUT2D eigenvalue weighted by molar-refractivity contribution is 6.31. The van der Waals surface area contributed by atoms with Crippen molar-refractivity contribution in [3.63, 3.8) is 0 Å². The molecule has 0 aliphatic heterocycles. The Morgan fingerprint density at radius 1 is 0.750 bits per heavy atom. The lowest BCUT2D eigenvalue weighted by Gasteiger charge is -2.38. The molecular formula is C48H63ClF3N3O5.